The molecule has 2 aromatic rings. The van der Waals surface area contributed by atoms with E-state index in [0.717, 1.165) is 13.3 Å². The molecule has 3 atom stereocenters. The molecule has 2 fully saturated rings. The average molecular weight is 567 g/mol. The predicted octanol–water partition coefficient (Wildman–Crippen LogP) is 2.50. The van der Waals surface area contributed by atoms with Crippen molar-refractivity contribution in [1.82, 2.24) is 25.3 Å². The third-order valence-electron chi connectivity index (χ3n) is 6.67. The van der Waals surface area contributed by atoms with Crippen LogP contribution in [0.15, 0.2) is 18.5 Å². The number of halogens is 3. The Balaban J connectivity index is 1.33. The minimum atomic E-state index is -4.63. The van der Waals surface area contributed by atoms with Crippen LogP contribution in [0.2, 0.25) is 0 Å². The molecule has 0 saturated carbocycles. The van der Waals surface area contributed by atoms with Gasteiger partial charge in [0, 0.05) is 25.4 Å². The number of alkyl halides is 3. The Morgan fingerprint density at radius 2 is 2.08 bits per heavy atom. The summed E-state index contributed by atoms with van der Waals surface area (Å²) in [5.41, 5.74) is 0.492. The summed E-state index contributed by atoms with van der Waals surface area (Å²) >= 11 is 0. The number of hydrogen-bond donors (Lipinski definition) is 2. The van der Waals surface area contributed by atoms with Gasteiger partial charge in [-0.25, -0.2) is 19.7 Å². The van der Waals surface area contributed by atoms with Crippen molar-refractivity contribution in [3.63, 3.8) is 0 Å². The van der Waals surface area contributed by atoms with E-state index >= 15 is 0 Å². The van der Waals surface area contributed by atoms with Crippen LogP contribution in [-0.2, 0) is 9.47 Å². The van der Waals surface area contributed by atoms with E-state index in [1.807, 2.05) is 10.2 Å². The van der Waals surface area contributed by atoms with Gasteiger partial charge < -0.3 is 24.4 Å². The van der Waals surface area contributed by atoms with Gasteiger partial charge in [0.1, 0.15) is 18.8 Å². The predicted molar refractivity (Wildman–Crippen MR) is 134 cm³/mol. The highest BCUT2D eigenvalue weighted by Gasteiger charge is 2.41. The average Bonchev–Trinajstić information content (AvgIpc) is 3.25. The summed E-state index contributed by atoms with van der Waals surface area (Å²) < 4.78 is 55.8. The van der Waals surface area contributed by atoms with Crippen LogP contribution >= 0.6 is 0 Å². The molecule has 0 aromatic carbocycles. The number of piperidine rings is 1. The molecule has 2 unspecified atom stereocenters. The number of carbonyl (C=O) groups is 2. The van der Waals surface area contributed by atoms with Crippen LogP contribution in [0, 0.1) is 0 Å². The molecular weight excluding hydrogens is 537 g/mol. The van der Waals surface area contributed by atoms with Gasteiger partial charge in [0.15, 0.2) is 11.6 Å². The second kappa shape index (κ2) is 10.6. The number of anilines is 3. The van der Waals surface area contributed by atoms with E-state index < -0.39 is 35.8 Å². The van der Waals surface area contributed by atoms with E-state index in [-0.39, 0.29) is 36.4 Å². The maximum Gasteiger partial charge on any atom is 0.408 e. The molecule has 3 aliphatic rings. The van der Waals surface area contributed by atoms with Crippen LogP contribution in [0.4, 0.5) is 35.4 Å². The summed E-state index contributed by atoms with van der Waals surface area (Å²) in [4.78, 5) is 45.9. The Morgan fingerprint density at radius 3 is 2.80 bits per heavy atom. The van der Waals surface area contributed by atoms with E-state index in [1.165, 1.54) is 23.4 Å². The fourth-order valence-electron chi connectivity index (χ4n) is 4.70. The first-order chi connectivity index (χ1) is 18.9. The monoisotopic (exact) mass is 566 g/mol. The normalized spacial score (nSPS) is 22.4. The van der Waals surface area contributed by atoms with Crippen molar-refractivity contribution >= 4 is 29.4 Å². The quantitative estimate of drug-likeness (QED) is 0.535. The fraction of sp³-hybridized carbons (Fsp3) is 0.583. The van der Waals surface area contributed by atoms with Gasteiger partial charge in [-0.05, 0) is 33.6 Å². The van der Waals surface area contributed by atoms with Crippen molar-refractivity contribution in [2.45, 2.75) is 63.8 Å². The molecule has 5 rings (SSSR count). The largest absolute Gasteiger partial charge is 0.475 e. The Bertz CT molecular complexity index is 1280. The number of aromatic nitrogens is 4. The van der Waals surface area contributed by atoms with E-state index in [0.29, 0.717) is 31.8 Å². The van der Waals surface area contributed by atoms with Crippen LogP contribution in [0.25, 0.3) is 0 Å². The van der Waals surface area contributed by atoms with Crippen molar-refractivity contribution in [1.29, 1.82) is 0 Å². The van der Waals surface area contributed by atoms with Gasteiger partial charge in [0.05, 0.1) is 24.5 Å². The Kier molecular flexibility index (Phi) is 7.39. The molecule has 5 heterocycles. The highest BCUT2D eigenvalue weighted by Crippen LogP contribution is 2.37. The first-order valence-electron chi connectivity index (χ1n) is 12.8. The molecule has 40 heavy (non-hydrogen) atoms. The molecule has 0 radical (unpaired) electrons. The number of rotatable bonds is 6. The van der Waals surface area contributed by atoms with E-state index in [2.05, 4.69) is 25.3 Å². The molecule has 2 N–H and O–H groups in total. The van der Waals surface area contributed by atoms with Gasteiger partial charge in [-0.15, -0.1) is 0 Å². The van der Waals surface area contributed by atoms with Gasteiger partial charge in [-0.1, -0.05) is 0 Å². The summed E-state index contributed by atoms with van der Waals surface area (Å²) in [6, 6.07) is -1.49. The van der Waals surface area contributed by atoms with E-state index in [1.54, 1.807) is 13.8 Å². The van der Waals surface area contributed by atoms with Crippen LogP contribution < -0.4 is 25.2 Å². The molecule has 13 nitrogen and oxygen atoms in total. The number of nitrogens with zero attached hydrogens (tertiary/aromatic N) is 6. The molecule has 0 spiro atoms. The molecule has 2 aromatic heterocycles. The Hall–Kier alpha value is -3.79. The van der Waals surface area contributed by atoms with Gasteiger partial charge in [0.25, 0.3) is 5.91 Å². The second-order valence-electron chi connectivity index (χ2n) is 10.2. The topological polar surface area (TPSA) is 144 Å². The Morgan fingerprint density at radius 1 is 1.27 bits per heavy atom. The molecule has 2 saturated heterocycles. The van der Waals surface area contributed by atoms with Crippen LogP contribution in [0.5, 0.6) is 5.88 Å². The van der Waals surface area contributed by atoms with Crippen LogP contribution in [0.3, 0.4) is 0 Å². The highest BCUT2D eigenvalue weighted by atomic mass is 19.4. The van der Waals surface area contributed by atoms with Crippen molar-refractivity contribution in [2.75, 3.05) is 41.4 Å². The van der Waals surface area contributed by atoms with Crippen molar-refractivity contribution < 1.29 is 37.0 Å². The molecule has 2 bridgehead atoms. The third kappa shape index (κ3) is 6.01. The second-order valence-corrected chi connectivity index (χ2v) is 10.2. The van der Waals surface area contributed by atoms with E-state index in [9.17, 15) is 22.8 Å². The van der Waals surface area contributed by atoms with Gasteiger partial charge >= 0.3 is 12.2 Å². The number of nitrogens with one attached hydrogen (secondary N) is 2. The minimum Gasteiger partial charge on any atom is -0.475 e. The lowest BCUT2D eigenvalue weighted by atomic mass is 10.0. The number of carbonyl (C=O) groups excluding carboxylic acids is 2. The standard InChI is InChI=1S/C24H29F3N8O5/c1-13(24(25,26)27)30-20(36)18-29-9-16-19(32-18)35(14-5-4-8-34(16)10-14)22(37)33-21-28-7-6-17(31-21)38-11-15-12-39-23(2,3)40-15/h6-7,9,13-15H,4-5,8,10-12H2,1-3H3,(H,30,36)(H,28,31,33,37)/t13?,14-,15?/m0/s1. The summed E-state index contributed by atoms with van der Waals surface area (Å²) in [5, 5.41) is 4.49. The molecule has 216 valence electrons. The van der Waals surface area contributed by atoms with Gasteiger partial charge in [-0.3, -0.25) is 15.0 Å². The lowest BCUT2D eigenvalue weighted by Gasteiger charge is -2.45. The SMILES string of the molecule is CC(NC(=O)c1ncc2c(n1)N(C(=O)Nc1nccc(OCC3COC(C)(C)O3)n1)[C@H]1CCCN2C1)C(F)(F)F. The summed E-state index contributed by atoms with van der Waals surface area (Å²) in [7, 11) is 0. The van der Waals surface area contributed by atoms with Crippen LogP contribution in [0.1, 0.15) is 44.2 Å². The number of fused-ring (bicyclic) bond motifs is 4. The first-order valence-corrected chi connectivity index (χ1v) is 12.8. The summed E-state index contributed by atoms with van der Waals surface area (Å²) in [5.74, 6) is -1.99. The summed E-state index contributed by atoms with van der Waals surface area (Å²) in [6.45, 7) is 6.17. The third-order valence-corrected chi connectivity index (χ3v) is 6.67. The van der Waals surface area contributed by atoms with Crippen molar-refractivity contribution in [3.8, 4) is 5.88 Å². The minimum absolute atomic E-state index is 0.0303. The number of amides is 3. The maximum atomic E-state index is 13.5. The first kappa shape index (κ1) is 27.8. The molecule has 3 aliphatic heterocycles. The van der Waals surface area contributed by atoms with Crippen molar-refractivity contribution in [3.05, 3.63) is 24.3 Å². The zero-order valence-corrected chi connectivity index (χ0v) is 22.1. The van der Waals surface area contributed by atoms with E-state index in [4.69, 9.17) is 14.2 Å². The fourth-order valence-corrected chi connectivity index (χ4v) is 4.70. The smallest absolute Gasteiger partial charge is 0.408 e. The number of ether oxygens (including phenoxy) is 3. The lowest BCUT2D eigenvalue weighted by Crippen LogP contribution is -2.56. The molecule has 16 heteroatoms. The molecular formula is C24H29F3N8O5. The zero-order valence-electron chi connectivity index (χ0n) is 22.1. The maximum absolute atomic E-state index is 13.5. The highest BCUT2D eigenvalue weighted by molar-refractivity contribution is 6.04. The van der Waals surface area contributed by atoms with Crippen molar-refractivity contribution in [2.24, 2.45) is 0 Å². The van der Waals surface area contributed by atoms with Gasteiger partial charge in [0.2, 0.25) is 17.7 Å². The number of hydrogen-bond acceptors (Lipinski definition) is 10. The Labute approximate surface area is 227 Å². The van der Waals surface area contributed by atoms with Crippen LogP contribution in [-0.4, -0.2) is 88.3 Å². The molecule has 0 aliphatic carbocycles. The number of urea groups is 1. The zero-order chi connectivity index (χ0) is 28.7. The molecule has 3 amide bonds. The van der Waals surface area contributed by atoms with Gasteiger partial charge in [-0.2, -0.15) is 18.2 Å². The summed E-state index contributed by atoms with van der Waals surface area (Å²) in [6.07, 6.45) is -0.699. The lowest BCUT2D eigenvalue weighted by molar-refractivity contribution is -0.149.